The minimum absolute atomic E-state index is 0.0584. The number of hydrogen-bond acceptors (Lipinski definition) is 4. The van der Waals surface area contributed by atoms with Crippen LogP contribution >= 0.6 is 0 Å². The van der Waals surface area contributed by atoms with Crippen molar-refractivity contribution >= 4 is 11.6 Å². The van der Waals surface area contributed by atoms with E-state index in [1.54, 1.807) is 0 Å². The third-order valence-electron chi connectivity index (χ3n) is 3.53. The van der Waals surface area contributed by atoms with Crippen molar-refractivity contribution < 1.29 is 4.79 Å². The lowest BCUT2D eigenvalue weighted by Gasteiger charge is -2.30. The average Bonchev–Trinajstić information content (AvgIpc) is 2.38. The number of carbonyl (C=O) groups excluding carboxylic acids is 1. The Labute approximate surface area is 114 Å². The molecule has 4 N–H and O–H groups in total. The number of nitrogens with zero attached hydrogens (tertiary/aromatic N) is 1. The molecule has 0 spiro atoms. The minimum Gasteiger partial charge on any atom is -0.348 e. The highest BCUT2D eigenvalue weighted by atomic mass is 16.1. The van der Waals surface area contributed by atoms with Crippen LogP contribution in [0, 0.1) is 6.92 Å². The zero-order valence-electron chi connectivity index (χ0n) is 11.6. The Bertz CT molecular complexity index is 461. The van der Waals surface area contributed by atoms with Crippen molar-refractivity contribution in [3.05, 3.63) is 29.3 Å². The highest BCUT2D eigenvalue weighted by Crippen LogP contribution is 2.17. The van der Waals surface area contributed by atoms with E-state index >= 15 is 0 Å². The molecular formula is C14H22N4O. The van der Waals surface area contributed by atoms with Gasteiger partial charge in [0.05, 0.1) is 11.3 Å². The summed E-state index contributed by atoms with van der Waals surface area (Å²) in [7, 11) is 2.08. The Morgan fingerprint density at radius 2 is 2.26 bits per heavy atom. The number of nitrogens with one attached hydrogen (secondary N) is 2. The normalized spacial score (nSPS) is 20.1. The molecule has 2 rings (SSSR count). The van der Waals surface area contributed by atoms with Crippen LogP contribution in [0.25, 0.3) is 0 Å². The monoisotopic (exact) mass is 262 g/mol. The molecule has 19 heavy (non-hydrogen) atoms. The van der Waals surface area contributed by atoms with E-state index in [1.807, 2.05) is 25.1 Å². The van der Waals surface area contributed by atoms with Gasteiger partial charge in [-0.1, -0.05) is 11.6 Å². The topological polar surface area (TPSA) is 70.4 Å². The van der Waals surface area contributed by atoms with Gasteiger partial charge in [-0.25, -0.2) is 0 Å². The molecule has 1 unspecified atom stereocenters. The number of likely N-dealkylation sites (tertiary alicyclic amines) is 1. The Kier molecular flexibility index (Phi) is 4.39. The van der Waals surface area contributed by atoms with Crippen LogP contribution in [0.1, 0.15) is 28.8 Å². The van der Waals surface area contributed by atoms with Crippen molar-refractivity contribution in [1.82, 2.24) is 10.2 Å². The van der Waals surface area contributed by atoms with Crippen molar-refractivity contribution in [1.29, 1.82) is 0 Å². The first-order chi connectivity index (χ1) is 9.10. The van der Waals surface area contributed by atoms with Crippen LogP contribution in [-0.2, 0) is 0 Å². The van der Waals surface area contributed by atoms with E-state index in [4.69, 9.17) is 5.84 Å². The molecule has 0 aromatic heterocycles. The molecule has 5 nitrogen and oxygen atoms in total. The molecule has 0 radical (unpaired) electrons. The first kappa shape index (κ1) is 13.8. The molecule has 1 aliphatic heterocycles. The first-order valence-corrected chi connectivity index (χ1v) is 6.67. The van der Waals surface area contributed by atoms with Crippen LogP contribution in [0.3, 0.4) is 0 Å². The Morgan fingerprint density at radius 3 is 2.95 bits per heavy atom. The molecule has 104 valence electrons. The van der Waals surface area contributed by atoms with Gasteiger partial charge in [0.25, 0.3) is 5.91 Å². The number of likely N-dealkylation sites (N-methyl/N-ethyl adjacent to an activating group) is 1. The first-order valence-electron chi connectivity index (χ1n) is 6.67. The fourth-order valence-electron chi connectivity index (χ4n) is 2.52. The maximum Gasteiger partial charge on any atom is 0.253 e. The number of rotatable bonds is 3. The van der Waals surface area contributed by atoms with Crippen LogP contribution in [-0.4, -0.2) is 37.0 Å². The zero-order valence-corrected chi connectivity index (χ0v) is 11.6. The van der Waals surface area contributed by atoms with Gasteiger partial charge in [-0.2, -0.15) is 0 Å². The molecule has 1 fully saturated rings. The average molecular weight is 262 g/mol. The number of hydrogen-bond donors (Lipinski definition) is 3. The van der Waals surface area contributed by atoms with Crippen LogP contribution in [0.15, 0.2) is 18.2 Å². The molecule has 1 saturated heterocycles. The summed E-state index contributed by atoms with van der Waals surface area (Å²) in [6, 6.07) is 5.84. The number of piperidine rings is 1. The number of nitrogen functional groups attached to an aromatic ring is 1. The Morgan fingerprint density at radius 1 is 1.47 bits per heavy atom. The smallest absolute Gasteiger partial charge is 0.253 e. The van der Waals surface area contributed by atoms with Crippen molar-refractivity contribution in [3.63, 3.8) is 0 Å². The second-order valence-electron chi connectivity index (χ2n) is 5.27. The summed E-state index contributed by atoms with van der Waals surface area (Å²) < 4.78 is 0. The zero-order chi connectivity index (χ0) is 13.8. The number of benzene rings is 1. The summed E-state index contributed by atoms with van der Waals surface area (Å²) in [5.41, 5.74) is 4.89. The summed E-state index contributed by atoms with van der Waals surface area (Å²) in [5.74, 6) is 5.40. The Hall–Kier alpha value is -1.59. The quantitative estimate of drug-likeness (QED) is 0.563. The third-order valence-corrected chi connectivity index (χ3v) is 3.53. The summed E-state index contributed by atoms with van der Waals surface area (Å²) >= 11 is 0. The molecule has 0 saturated carbocycles. The Balaban J connectivity index is 2.09. The summed E-state index contributed by atoms with van der Waals surface area (Å²) in [4.78, 5) is 14.6. The van der Waals surface area contributed by atoms with E-state index in [9.17, 15) is 4.79 Å². The molecule has 1 aliphatic rings. The van der Waals surface area contributed by atoms with E-state index in [2.05, 4.69) is 22.7 Å². The largest absolute Gasteiger partial charge is 0.348 e. The summed E-state index contributed by atoms with van der Waals surface area (Å²) in [6.45, 7) is 3.97. The van der Waals surface area contributed by atoms with Gasteiger partial charge in [0, 0.05) is 12.6 Å². The molecule has 1 amide bonds. The third kappa shape index (κ3) is 3.45. The SMILES string of the molecule is Cc1ccc(NN)c(C(=O)NC2CCCN(C)C2)c1. The van der Waals surface area contributed by atoms with Crippen LogP contribution in [0.2, 0.25) is 0 Å². The van der Waals surface area contributed by atoms with E-state index in [0.717, 1.165) is 31.5 Å². The van der Waals surface area contributed by atoms with Gasteiger partial charge in [-0.3, -0.25) is 10.6 Å². The highest BCUT2D eigenvalue weighted by molar-refractivity contribution is 5.99. The van der Waals surface area contributed by atoms with Crippen LogP contribution in [0.4, 0.5) is 5.69 Å². The second-order valence-corrected chi connectivity index (χ2v) is 5.27. The maximum absolute atomic E-state index is 12.3. The summed E-state index contributed by atoms with van der Waals surface area (Å²) in [5, 5.41) is 3.09. The predicted molar refractivity (Wildman–Crippen MR) is 77.0 cm³/mol. The number of anilines is 1. The molecule has 5 heteroatoms. The number of aryl methyl sites for hydroxylation is 1. The number of amides is 1. The predicted octanol–water partition coefficient (Wildman–Crippen LogP) is 1.10. The summed E-state index contributed by atoms with van der Waals surface area (Å²) in [6.07, 6.45) is 2.16. The molecule has 1 aromatic rings. The van der Waals surface area contributed by atoms with Crippen molar-refractivity contribution in [2.75, 3.05) is 25.6 Å². The fourth-order valence-corrected chi connectivity index (χ4v) is 2.52. The van der Waals surface area contributed by atoms with Crippen molar-refractivity contribution in [2.45, 2.75) is 25.8 Å². The molecule has 1 aromatic carbocycles. The van der Waals surface area contributed by atoms with E-state index < -0.39 is 0 Å². The van der Waals surface area contributed by atoms with Gasteiger partial charge < -0.3 is 15.6 Å². The van der Waals surface area contributed by atoms with Crippen LogP contribution < -0.4 is 16.6 Å². The van der Waals surface area contributed by atoms with E-state index in [1.165, 1.54) is 0 Å². The van der Waals surface area contributed by atoms with Crippen LogP contribution in [0.5, 0.6) is 0 Å². The minimum atomic E-state index is -0.0584. The van der Waals surface area contributed by atoms with E-state index in [0.29, 0.717) is 11.3 Å². The van der Waals surface area contributed by atoms with Gasteiger partial charge in [-0.05, 0) is 45.5 Å². The molecule has 1 atom stereocenters. The van der Waals surface area contributed by atoms with Gasteiger partial charge in [0.1, 0.15) is 0 Å². The number of hydrazine groups is 1. The highest BCUT2D eigenvalue weighted by Gasteiger charge is 2.20. The molecule has 0 bridgehead atoms. The maximum atomic E-state index is 12.3. The lowest BCUT2D eigenvalue weighted by molar-refractivity contribution is 0.0913. The van der Waals surface area contributed by atoms with Gasteiger partial charge in [-0.15, -0.1) is 0 Å². The van der Waals surface area contributed by atoms with Crippen molar-refractivity contribution in [2.24, 2.45) is 5.84 Å². The fraction of sp³-hybridized carbons (Fsp3) is 0.500. The van der Waals surface area contributed by atoms with Gasteiger partial charge in [0.2, 0.25) is 0 Å². The standard InChI is InChI=1S/C14H22N4O/c1-10-5-6-13(17-15)12(8-10)14(19)16-11-4-3-7-18(2)9-11/h5-6,8,11,17H,3-4,7,9,15H2,1-2H3,(H,16,19). The lowest BCUT2D eigenvalue weighted by atomic mass is 10.0. The van der Waals surface area contributed by atoms with Crippen molar-refractivity contribution in [3.8, 4) is 0 Å². The van der Waals surface area contributed by atoms with Gasteiger partial charge >= 0.3 is 0 Å². The number of carbonyl (C=O) groups is 1. The number of nitrogens with two attached hydrogens (primary N) is 1. The van der Waals surface area contributed by atoms with Gasteiger partial charge in [0.15, 0.2) is 0 Å². The lowest BCUT2D eigenvalue weighted by Crippen LogP contribution is -2.46. The second kappa shape index (κ2) is 6.04. The molecular weight excluding hydrogens is 240 g/mol. The molecule has 1 heterocycles. The molecule has 0 aliphatic carbocycles. The van der Waals surface area contributed by atoms with E-state index in [-0.39, 0.29) is 11.9 Å².